The summed E-state index contributed by atoms with van der Waals surface area (Å²) in [6.07, 6.45) is 5.46. The maximum atomic E-state index is 12.0. The minimum Gasteiger partial charge on any atom is -0.328 e. The minimum atomic E-state index is -0.364. The van der Waals surface area contributed by atoms with Crippen molar-refractivity contribution in [2.75, 3.05) is 6.54 Å². The summed E-state index contributed by atoms with van der Waals surface area (Å²) >= 11 is 0. The molecule has 0 aromatic heterocycles. The van der Waals surface area contributed by atoms with Crippen LogP contribution in [0, 0.1) is 5.92 Å². The van der Waals surface area contributed by atoms with Crippen LogP contribution in [0.25, 0.3) is 0 Å². The van der Waals surface area contributed by atoms with Gasteiger partial charge in [0.05, 0.1) is 5.54 Å². The van der Waals surface area contributed by atoms with Gasteiger partial charge in [-0.05, 0) is 12.8 Å². The van der Waals surface area contributed by atoms with Crippen LogP contribution >= 0.6 is 0 Å². The summed E-state index contributed by atoms with van der Waals surface area (Å²) in [6, 6.07) is 0. The topological polar surface area (TPSA) is 63.4 Å². The van der Waals surface area contributed by atoms with E-state index in [9.17, 15) is 9.59 Å². The lowest BCUT2D eigenvalue weighted by atomic mass is 9.80. The van der Waals surface area contributed by atoms with Crippen LogP contribution in [-0.4, -0.2) is 28.8 Å². The molecule has 2 amide bonds. The SMILES string of the molecule is CC1CC(=O)N(C2(CN)CCCCC2)C1=O. The molecule has 16 heavy (non-hydrogen) atoms. The van der Waals surface area contributed by atoms with Gasteiger partial charge in [-0.15, -0.1) is 0 Å². The van der Waals surface area contributed by atoms with E-state index in [0.29, 0.717) is 13.0 Å². The van der Waals surface area contributed by atoms with Crippen molar-refractivity contribution in [2.24, 2.45) is 11.7 Å². The standard InChI is InChI=1S/C12H20N2O2/c1-9-7-10(15)14(11(9)16)12(8-13)5-3-2-4-6-12/h9H,2-8,13H2,1H3. The molecule has 0 aromatic rings. The quantitative estimate of drug-likeness (QED) is 0.713. The summed E-state index contributed by atoms with van der Waals surface area (Å²) in [5, 5.41) is 0. The highest BCUT2D eigenvalue weighted by atomic mass is 16.2. The van der Waals surface area contributed by atoms with E-state index in [2.05, 4.69) is 0 Å². The van der Waals surface area contributed by atoms with E-state index in [1.807, 2.05) is 6.92 Å². The Labute approximate surface area is 96.2 Å². The van der Waals surface area contributed by atoms with Crippen molar-refractivity contribution in [3.8, 4) is 0 Å². The first-order valence-corrected chi connectivity index (χ1v) is 6.18. The predicted molar refractivity (Wildman–Crippen MR) is 60.5 cm³/mol. The molecule has 4 heteroatoms. The normalized spacial score (nSPS) is 29.9. The van der Waals surface area contributed by atoms with E-state index >= 15 is 0 Å². The zero-order valence-corrected chi connectivity index (χ0v) is 9.87. The Kier molecular flexibility index (Phi) is 3.02. The smallest absolute Gasteiger partial charge is 0.233 e. The van der Waals surface area contributed by atoms with Gasteiger partial charge in [-0.1, -0.05) is 26.2 Å². The van der Waals surface area contributed by atoms with Crippen molar-refractivity contribution in [2.45, 2.75) is 51.0 Å². The van der Waals surface area contributed by atoms with Gasteiger partial charge in [0, 0.05) is 18.9 Å². The molecule has 1 aliphatic carbocycles. The monoisotopic (exact) mass is 224 g/mol. The first kappa shape index (κ1) is 11.6. The van der Waals surface area contributed by atoms with Crippen molar-refractivity contribution in [1.82, 2.24) is 4.90 Å². The molecule has 2 aliphatic rings. The number of hydrogen-bond donors (Lipinski definition) is 1. The average Bonchev–Trinajstić information content (AvgIpc) is 2.54. The van der Waals surface area contributed by atoms with Gasteiger partial charge in [-0.2, -0.15) is 0 Å². The molecule has 1 saturated carbocycles. The van der Waals surface area contributed by atoms with Crippen LogP contribution in [0.4, 0.5) is 0 Å². The lowest BCUT2D eigenvalue weighted by Crippen LogP contribution is -2.57. The Morgan fingerprint density at radius 3 is 2.38 bits per heavy atom. The van der Waals surface area contributed by atoms with Crippen molar-refractivity contribution in [1.29, 1.82) is 0 Å². The maximum Gasteiger partial charge on any atom is 0.233 e. The van der Waals surface area contributed by atoms with Crippen LogP contribution in [0.3, 0.4) is 0 Å². The number of hydrogen-bond acceptors (Lipinski definition) is 3. The van der Waals surface area contributed by atoms with E-state index in [1.54, 1.807) is 0 Å². The van der Waals surface area contributed by atoms with E-state index in [-0.39, 0.29) is 23.3 Å². The number of nitrogens with zero attached hydrogens (tertiary/aromatic N) is 1. The second-order valence-corrected chi connectivity index (χ2v) is 5.16. The molecule has 0 aromatic carbocycles. The number of amides is 2. The fourth-order valence-electron chi connectivity index (χ4n) is 3.01. The Morgan fingerprint density at radius 2 is 1.94 bits per heavy atom. The van der Waals surface area contributed by atoms with E-state index in [1.165, 1.54) is 11.3 Å². The largest absolute Gasteiger partial charge is 0.328 e. The van der Waals surface area contributed by atoms with Crippen LogP contribution in [0.5, 0.6) is 0 Å². The lowest BCUT2D eigenvalue weighted by Gasteiger charge is -2.42. The maximum absolute atomic E-state index is 12.0. The van der Waals surface area contributed by atoms with Gasteiger partial charge in [0.1, 0.15) is 0 Å². The molecule has 1 saturated heterocycles. The zero-order valence-electron chi connectivity index (χ0n) is 9.87. The van der Waals surface area contributed by atoms with Gasteiger partial charge in [0.2, 0.25) is 11.8 Å². The van der Waals surface area contributed by atoms with Crippen molar-refractivity contribution >= 4 is 11.8 Å². The number of likely N-dealkylation sites (tertiary alicyclic amines) is 1. The second-order valence-electron chi connectivity index (χ2n) is 5.16. The van der Waals surface area contributed by atoms with E-state index in [0.717, 1.165) is 25.7 Å². The Bertz CT molecular complexity index is 308. The predicted octanol–water partition coefficient (Wildman–Crippen LogP) is 1.04. The summed E-state index contributed by atoms with van der Waals surface area (Å²) in [6.45, 7) is 2.24. The van der Waals surface area contributed by atoms with Gasteiger partial charge < -0.3 is 5.73 Å². The summed E-state index contributed by atoms with van der Waals surface area (Å²) in [4.78, 5) is 25.4. The van der Waals surface area contributed by atoms with Crippen LogP contribution in [-0.2, 0) is 9.59 Å². The molecule has 1 atom stereocenters. The van der Waals surface area contributed by atoms with Gasteiger partial charge >= 0.3 is 0 Å². The Balaban J connectivity index is 2.26. The van der Waals surface area contributed by atoms with Gasteiger partial charge in [0.15, 0.2) is 0 Å². The van der Waals surface area contributed by atoms with Crippen LogP contribution < -0.4 is 5.73 Å². The number of rotatable bonds is 2. The van der Waals surface area contributed by atoms with Crippen LogP contribution in [0.2, 0.25) is 0 Å². The third-order valence-electron chi connectivity index (χ3n) is 4.01. The second kappa shape index (κ2) is 4.17. The first-order valence-electron chi connectivity index (χ1n) is 6.18. The fraction of sp³-hybridized carbons (Fsp3) is 0.833. The summed E-state index contributed by atoms with van der Waals surface area (Å²) in [5.41, 5.74) is 5.48. The molecule has 1 aliphatic heterocycles. The van der Waals surface area contributed by atoms with E-state index in [4.69, 9.17) is 5.73 Å². The highest BCUT2D eigenvalue weighted by Gasteiger charge is 2.48. The summed E-state index contributed by atoms with van der Waals surface area (Å²) < 4.78 is 0. The molecular weight excluding hydrogens is 204 g/mol. The first-order chi connectivity index (χ1) is 7.60. The number of nitrogens with two attached hydrogens (primary N) is 1. The van der Waals surface area contributed by atoms with Gasteiger partial charge in [0.25, 0.3) is 0 Å². The number of carbonyl (C=O) groups is 2. The Morgan fingerprint density at radius 1 is 1.31 bits per heavy atom. The van der Waals surface area contributed by atoms with Gasteiger partial charge in [-0.25, -0.2) is 0 Å². The third kappa shape index (κ3) is 1.65. The fourth-order valence-corrected chi connectivity index (χ4v) is 3.01. The molecule has 2 N–H and O–H groups in total. The molecule has 0 radical (unpaired) electrons. The highest BCUT2D eigenvalue weighted by molar-refractivity contribution is 6.04. The van der Waals surface area contributed by atoms with Crippen LogP contribution in [0.1, 0.15) is 45.4 Å². The van der Waals surface area contributed by atoms with Crippen molar-refractivity contribution in [3.63, 3.8) is 0 Å². The zero-order chi connectivity index (χ0) is 11.8. The van der Waals surface area contributed by atoms with Crippen LogP contribution in [0.15, 0.2) is 0 Å². The minimum absolute atomic E-state index is 0.0163. The third-order valence-corrected chi connectivity index (χ3v) is 4.01. The number of carbonyl (C=O) groups excluding carboxylic acids is 2. The lowest BCUT2D eigenvalue weighted by molar-refractivity contribution is -0.147. The summed E-state index contributed by atoms with van der Waals surface area (Å²) in [7, 11) is 0. The average molecular weight is 224 g/mol. The van der Waals surface area contributed by atoms with E-state index < -0.39 is 0 Å². The molecule has 2 fully saturated rings. The molecule has 4 nitrogen and oxygen atoms in total. The van der Waals surface area contributed by atoms with Crippen molar-refractivity contribution in [3.05, 3.63) is 0 Å². The van der Waals surface area contributed by atoms with Crippen molar-refractivity contribution < 1.29 is 9.59 Å². The molecule has 1 heterocycles. The molecule has 0 bridgehead atoms. The highest BCUT2D eigenvalue weighted by Crippen LogP contribution is 2.37. The Hall–Kier alpha value is -0.900. The molecule has 1 unspecified atom stereocenters. The molecule has 2 rings (SSSR count). The molecule has 0 spiro atoms. The van der Waals surface area contributed by atoms with Gasteiger partial charge in [-0.3, -0.25) is 14.5 Å². The number of imide groups is 1. The molecular formula is C12H20N2O2. The summed E-state index contributed by atoms with van der Waals surface area (Å²) in [5.74, 6) is -0.194. The molecule has 90 valence electrons.